The molecule has 2 heterocycles. The second-order valence-corrected chi connectivity index (χ2v) is 4.28. The van der Waals surface area contributed by atoms with Gasteiger partial charge < -0.3 is 9.73 Å². The van der Waals surface area contributed by atoms with Gasteiger partial charge in [0.2, 0.25) is 0 Å². The maximum absolute atomic E-state index is 5.83. The molecule has 0 bridgehead atoms. The first kappa shape index (κ1) is 11.0. The number of hydrogen-bond acceptors (Lipinski definition) is 4. The lowest BCUT2D eigenvalue weighted by atomic mass is 10.2. The first-order valence-corrected chi connectivity index (χ1v) is 6.26. The van der Waals surface area contributed by atoms with Gasteiger partial charge in [0, 0.05) is 11.9 Å². The molecule has 18 heavy (non-hydrogen) atoms. The van der Waals surface area contributed by atoms with E-state index in [0.717, 1.165) is 47.3 Å². The first-order valence-electron chi connectivity index (χ1n) is 6.26. The number of nitrogens with one attached hydrogen (secondary N) is 1. The van der Waals surface area contributed by atoms with E-state index in [1.807, 2.05) is 24.3 Å². The molecule has 0 aliphatic heterocycles. The highest BCUT2D eigenvalue weighted by atomic mass is 16.3. The van der Waals surface area contributed by atoms with E-state index >= 15 is 0 Å². The number of unbranched alkanes of at least 4 members (excludes halogenated alkanes) is 1. The number of aromatic nitrogens is 2. The van der Waals surface area contributed by atoms with Crippen LogP contribution >= 0.6 is 0 Å². The molecule has 0 saturated carbocycles. The Kier molecular flexibility index (Phi) is 2.84. The predicted octanol–water partition coefficient (Wildman–Crippen LogP) is 3.59. The second-order valence-electron chi connectivity index (χ2n) is 4.28. The van der Waals surface area contributed by atoms with Gasteiger partial charge >= 0.3 is 0 Å². The summed E-state index contributed by atoms with van der Waals surface area (Å²) in [6.07, 6.45) is 3.85. The summed E-state index contributed by atoms with van der Waals surface area (Å²) < 4.78 is 5.83. The van der Waals surface area contributed by atoms with E-state index in [9.17, 15) is 0 Å². The van der Waals surface area contributed by atoms with Gasteiger partial charge in [-0.2, -0.15) is 0 Å². The Morgan fingerprint density at radius 3 is 3.00 bits per heavy atom. The average Bonchev–Trinajstić information content (AvgIpc) is 2.79. The van der Waals surface area contributed by atoms with Crippen molar-refractivity contribution in [3.8, 4) is 0 Å². The number of nitrogens with zero attached hydrogens (tertiary/aromatic N) is 2. The Hall–Kier alpha value is -2.10. The van der Waals surface area contributed by atoms with Crippen LogP contribution in [-0.4, -0.2) is 16.5 Å². The number of furan rings is 1. The molecule has 3 rings (SSSR count). The zero-order chi connectivity index (χ0) is 12.4. The SMILES string of the molecule is CCCCNc1ncnc2c1oc1ccccc12. The van der Waals surface area contributed by atoms with Crippen LogP contribution in [0.15, 0.2) is 35.0 Å². The lowest BCUT2D eigenvalue weighted by Gasteiger charge is -2.03. The molecule has 0 saturated heterocycles. The Morgan fingerprint density at radius 2 is 2.11 bits per heavy atom. The molecule has 92 valence electrons. The molecule has 3 aromatic rings. The molecule has 4 nitrogen and oxygen atoms in total. The molecule has 0 unspecified atom stereocenters. The lowest BCUT2D eigenvalue weighted by Crippen LogP contribution is -2.03. The van der Waals surface area contributed by atoms with Crippen molar-refractivity contribution in [3.05, 3.63) is 30.6 Å². The van der Waals surface area contributed by atoms with Crippen molar-refractivity contribution in [2.45, 2.75) is 19.8 Å². The Morgan fingerprint density at radius 1 is 1.22 bits per heavy atom. The summed E-state index contributed by atoms with van der Waals surface area (Å²) in [5.41, 5.74) is 2.47. The van der Waals surface area contributed by atoms with Gasteiger partial charge in [0.25, 0.3) is 0 Å². The van der Waals surface area contributed by atoms with Gasteiger partial charge in [-0.25, -0.2) is 9.97 Å². The highest BCUT2D eigenvalue weighted by molar-refractivity contribution is 6.05. The van der Waals surface area contributed by atoms with Crippen molar-refractivity contribution >= 4 is 27.9 Å². The minimum absolute atomic E-state index is 0.745. The molecule has 0 spiro atoms. The average molecular weight is 241 g/mol. The molecule has 0 aliphatic rings. The third-order valence-electron chi connectivity index (χ3n) is 2.98. The Labute approximate surface area is 105 Å². The molecule has 1 N–H and O–H groups in total. The molecule has 4 heteroatoms. The normalized spacial score (nSPS) is 11.2. The first-order chi connectivity index (χ1) is 8.90. The van der Waals surface area contributed by atoms with Crippen LogP contribution in [0.3, 0.4) is 0 Å². The molecule has 0 amide bonds. The monoisotopic (exact) mass is 241 g/mol. The highest BCUT2D eigenvalue weighted by Crippen LogP contribution is 2.30. The van der Waals surface area contributed by atoms with Gasteiger partial charge in [0.1, 0.15) is 17.4 Å². The minimum Gasteiger partial charge on any atom is -0.450 e. The Bertz CT molecular complexity index is 675. The third kappa shape index (κ3) is 1.79. The van der Waals surface area contributed by atoms with Crippen molar-refractivity contribution in [3.63, 3.8) is 0 Å². The van der Waals surface area contributed by atoms with E-state index < -0.39 is 0 Å². The topological polar surface area (TPSA) is 51.0 Å². The number of rotatable bonds is 4. The molecular formula is C14H15N3O. The van der Waals surface area contributed by atoms with Gasteiger partial charge in [-0.15, -0.1) is 0 Å². The third-order valence-corrected chi connectivity index (χ3v) is 2.98. The van der Waals surface area contributed by atoms with Crippen LogP contribution in [0, 0.1) is 0 Å². The van der Waals surface area contributed by atoms with E-state index in [1.54, 1.807) is 6.33 Å². The summed E-state index contributed by atoms with van der Waals surface area (Å²) in [6, 6.07) is 7.92. The number of hydrogen-bond donors (Lipinski definition) is 1. The van der Waals surface area contributed by atoms with Gasteiger partial charge in [-0.3, -0.25) is 0 Å². The molecule has 0 aliphatic carbocycles. The summed E-state index contributed by atoms with van der Waals surface area (Å²) in [7, 11) is 0. The Balaban J connectivity index is 2.09. The largest absolute Gasteiger partial charge is 0.450 e. The fourth-order valence-corrected chi connectivity index (χ4v) is 2.03. The molecule has 0 radical (unpaired) electrons. The lowest BCUT2D eigenvalue weighted by molar-refractivity contribution is 0.666. The molecule has 2 aromatic heterocycles. The number of benzene rings is 1. The van der Waals surface area contributed by atoms with E-state index in [-0.39, 0.29) is 0 Å². The van der Waals surface area contributed by atoms with Crippen LogP contribution in [0.4, 0.5) is 5.82 Å². The van der Waals surface area contributed by atoms with Crippen LogP contribution in [0.2, 0.25) is 0 Å². The van der Waals surface area contributed by atoms with Crippen LogP contribution < -0.4 is 5.32 Å². The van der Waals surface area contributed by atoms with E-state index in [1.165, 1.54) is 0 Å². The summed E-state index contributed by atoms with van der Waals surface area (Å²) in [5.74, 6) is 0.782. The molecule has 1 aromatic carbocycles. The summed E-state index contributed by atoms with van der Waals surface area (Å²) >= 11 is 0. The van der Waals surface area contributed by atoms with Crippen molar-refractivity contribution in [1.82, 2.24) is 9.97 Å². The maximum Gasteiger partial charge on any atom is 0.196 e. The number of para-hydroxylation sites is 1. The fourth-order valence-electron chi connectivity index (χ4n) is 2.03. The van der Waals surface area contributed by atoms with E-state index in [2.05, 4.69) is 22.2 Å². The molecular weight excluding hydrogens is 226 g/mol. The van der Waals surface area contributed by atoms with Crippen LogP contribution in [0.5, 0.6) is 0 Å². The van der Waals surface area contributed by atoms with Crippen LogP contribution in [-0.2, 0) is 0 Å². The summed E-state index contributed by atoms with van der Waals surface area (Å²) in [5, 5.41) is 4.34. The minimum atomic E-state index is 0.745. The van der Waals surface area contributed by atoms with Gasteiger partial charge in [0.15, 0.2) is 11.4 Å². The van der Waals surface area contributed by atoms with Gasteiger partial charge in [0.05, 0.1) is 0 Å². The van der Waals surface area contributed by atoms with E-state index in [4.69, 9.17) is 4.42 Å². The highest BCUT2D eigenvalue weighted by Gasteiger charge is 2.11. The zero-order valence-electron chi connectivity index (χ0n) is 10.3. The van der Waals surface area contributed by atoms with Crippen molar-refractivity contribution in [2.24, 2.45) is 0 Å². The summed E-state index contributed by atoms with van der Waals surface area (Å²) in [4.78, 5) is 8.57. The van der Waals surface area contributed by atoms with Crippen LogP contribution in [0.1, 0.15) is 19.8 Å². The predicted molar refractivity (Wildman–Crippen MR) is 72.7 cm³/mol. The van der Waals surface area contributed by atoms with Crippen molar-refractivity contribution in [2.75, 3.05) is 11.9 Å². The zero-order valence-corrected chi connectivity index (χ0v) is 10.3. The second kappa shape index (κ2) is 4.64. The van der Waals surface area contributed by atoms with Crippen molar-refractivity contribution < 1.29 is 4.42 Å². The summed E-state index contributed by atoms with van der Waals surface area (Å²) in [6.45, 7) is 3.07. The number of anilines is 1. The molecule has 0 atom stereocenters. The van der Waals surface area contributed by atoms with E-state index in [0.29, 0.717) is 0 Å². The maximum atomic E-state index is 5.83. The quantitative estimate of drug-likeness (QED) is 0.709. The smallest absolute Gasteiger partial charge is 0.196 e. The van der Waals surface area contributed by atoms with Gasteiger partial charge in [-0.1, -0.05) is 25.5 Å². The van der Waals surface area contributed by atoms with Crippen LogP contribution in [0.25, 0.3) is 22.1 Å². The molecule has 0 fully saturated rings. The number of fused-ring (bicyclic) bond motifs is 3. The van der Waals surface area contributed by atoms with Gasteiger partial charge in [-0.05, 0) is 18.6 Å². The van der Waals surface area contributed by atoms with Crippen molar-refractivity contribution in [1.29, 1.82) is 0 Å². The fraction of sp³-hybridized carbons (Fsp3) is 0.286. The standard InChI is InChI=1S/C14H15N3O/c1-2-3-8-15-14-13-12(16-9-17-14)10-6-4-5-7-11(10)18-13/h4-7,9H,2-3,8H2,1H3,(H,15,16,17).